The van der Waals surface area contributed by atoms with Crippen LogP contribution in [-0.2, 0) is 0 Å². The highest BCUT2D eigenvalue weighted by Gasteiger charge is 1.97. The van der Waals surface area contributed by atoms with Crippen LogP contribution < -0.4 is 0 Å². The Morgan fingerprint density at radius 3 is 2.62 bits per heavy atom. The van der Waals surface area contributed by atoms with Crippen LogP contribution in [0, 0.1) is 6.42 Å². The molecule has 8 heavy (non-hydrogen) atoms. The summed E-state index contributed by atoms with van der Waals surface area (Å²) in [5, 5.41) is 17.0. The van der Waals surface area contributed by atoms with Crippen LogP contribution >= 0.6 is 0 Å². The highest BCUT2D eigenvalue weighted by Crippen LogP contribution is 1.96. The number of aliphatic hydroxyl groups excluding tert-OH is 2. The van der Waals surface area contributed by atoms with Gasteiger partial charge >= 0.3 is 0 Å². The number of hydrogen-bond donors (Lipinski definition) is 2. The van der Waals surface area contributed by atoms with Crippen LogP contribution in [0.2, 0.25) is 0 Å². The molecule has 49 valence electrons. The van der Waals surface area contributed by atoms with Crippen LogP contribution in [0.5, 0.6) is 0 Å². The Morgan fingerprint density at radius 2 is 2.25 bits per heavy atom. The molecule has 0 saturated heterocycles. The Bertz CT molecular complexity index is 45.8. The molecule has 0 saturated carbocycles. The van der Waals surface area contributed by atoms with Crippen LogP contribution in [-0.4, -0.2) is 22.9 Å². The van der Waals surface area contributed by atoms with Gasteiger partial charge < -0.3 is 10.2 Å². The van der Waals surface area contributed by atoms with E-state index in [2.05, 4.69) is 0 Å². The lowest BCUT2D eigenvalue weighted by Crippen LogP contribution is -2.10. The van der Waals surface area contributed by atoms with Gasteiger partial charge in [0.2, 0.25) is 0 Å². The van der Waals surface area contributed by atoms with Crippen molar-refractivity contribution >= 4 is 0 Å². The lowest BCUT2D eigenvalue weighted by molar-refractivity contribution is 0.0884. The van der Waals surface area contributed by atoms with Crippen molar-refractivity contribution in [3.63, 3.8) is 0 Å². The van der Waals surface area contributed by atoms with Gasteiger partial charge in [0.1, 0.15) is 0 Å². The molecular weight excluding hydrogens is 104 g/mol. The van der Waals surface area contributed by atoms with Crippen LogP contribution in [0.4, 0.5) is 0 Å². The van der Waals surface area contributed by atoms with Gasteiger partial charge in [-0.25, -0.2) is 0 Å². The van der Waals surface area contributed by atoms with E-state index < -0.39 is 6.10 Å². The normalized spacial score (nSPS) is 13.9. The summed E-state index contributed by atoms with van der Waals surface area (Å²) < 4.78 is 0. The number of unbranched alkanes of at least 4 members (excludes halogenated alkanes) is 1. The zero-order chi connectivity index (χ0) is 6.41. The number of aliphatic hydroxyl groups is 2. The first-order valence-corrected chi connectivity index (χ1v) is 2.88. The first kappa shape index (κ1) is 7.92. The summed E-state index contributed by atoms with van der Waals surface area (Å²) in [6.45, 7) is 1.82. The van der Waals surface area contributed by atoms with Crippen molar-refractivity contribution in [1.82, 2.24) is 0 Å². The molecule has 0 aromatic carbocycles. The van der Waals surface area contributed by atoms with Crippen molar-refractivity contribution in [2.45, 2.75) is 25.9 Å². The van der Waals surface area contributed by atoms with Crippen molar-refractivity contribution in [3.05, 3.63) is 6.42 Å². The average molecular weight is 117 g/mol. The summed E-state index contributed by atoms with van der Waals surface area (Å²) in [7, 11) is 0. The van der Waals surface area contributed by atoms with Gasteiger partial charge in [0.05, 0.1) is 12.7 Å². The highest BCUT2D eigenvalue weighted by molar-refractivity contribution is 4.60. The van der Waals surface area contributed by atoms with E-state index in [1.54, 1.807) is 0 Å². The molecule has 0 aliphatic carbocycles. The Balaban J connectivity index is 2.86. The summed E-state index contributed by atoms with van der Waals surface area (Å²) in [6.07, 6.45) is 3.00. The molecule has 0 fully saturated rings. The molecule has 2 heteroatoms. The third-order valence-electron chi connectivity index (χ3n) is 0.999. The van der Waals surface area contributed by atoms with Gasteiger partial charge in [-0.1, -0.05) is 6.92 Å². The largest absolute Gasteiger partial charge is 0.394 e. The molecule has 2 N–H and O–H groups in total. The third-order valence-corrected chi connectivity index (χ3v) is 0.999. The quantitative estimate of drug-likeness (QED) is 0.557. The first-order valence-electron chi connectivity index (χ1n) is 2.88. The Morgan fingerprint density at radius 1 is 1.62 bits per heavy atom. The van der Waals surface area contributed by atoms with Crippen LogP contribution in [0.25, 0.3) is 0 Å². The maximum Gasteiger partial charge on any atom is 0.0771 e. The van der Waals surface area contributed by atoms with E-state index >= 15 is 0 Å². The fourth-order valence-electron chi connectivity index (χ4n) is 0.450. The van der Waals surface area contributed by atoms with E-state index in [0.29, 0.717) is 6.42 Å². The molecule has 0 amide bonds. The highest BCUT2D eigenvalue weighted by atomic mass is 16.3. The van der Waals surface area contributed by atoms with Crippen LogP contribution in [0.1, 0.15) is 19.8 Å². The van der Waals surface area contributed by atoms with Crippen molar-refractivity contribution in [3.8, 4) is 0 Å². The molecule has 1 radical (unpaired) electrons. The molecule has 0 spiro atoms. The Kier molecular flexibility index (Phi) is 5.01. The molecule has 0 rings (SSSR count). The van der Waals surface area contributed by atoms with Gasteiger partial charge in [0.25, 0.3) is 0 Å². The number of rotatable bonds is 4. The first-order chi connectivity index (χ1) is 3.81. The van der Waals surface area contributed by atoms with E-state index in [-0.39, 0.29) is 6.61 Å². The second kappa shape index (κ2) is 5.06. The predicted octanol–water partition coefficient (Wildman–Crippen LogP) is 0.344. The van der Waals surface area contributed by atoms with E-state index in [1.807, 2.05) is 13.3 Å². The van der Waals surface area contributed by atoms with Crippen molar-refractivity contribution in [2.75, 3.05) is 6.61 Å². The molecule has 1 unspecified atom stereocenters. The minimum atomic E-state index is -0.522. The molecule has 1 atom stereocenters. The summed E-state index contributed by atoms with van der Waals surface area (Å²) >= 11 is 0. The van der Waals surface area contributed by atoms with E-state index in [1.165, 1.54) is 0 Å². The fraction of sp³-hybridized carbons (Fsp3) is 0.833. The van der Waals surface area contributed by atoms with Crippen LogP contribution in [0.15, 0.2) is 0 Å². The monoisotopic (exact) mass is 117 g/mol. The summed E-state index contributed by atoms with van der Waals surface area (Å²) in [5.74, 6) is 0. The zero-order valence-corrected chi connectivity index (χ0v) is 5.17. The molecule has 0 aromatic heterocycles. The van der Waals surface area contributed by atoms with Crippen molar-refractivity contribution in [1.29, 1.82) is 0 Å². The maximum absolute atomic E-state index is 8.72. The molecule has 0 aliphatic heterocycles. The second-order valence-corrected chi connectivity index (χ2v) is 1.82. The van der Waals surface area contributed by atoms with Gasteiger partial charge in [-0.2, -0.15) is 0 Å². The van der Waals surface area contributed by atoms with Gasteiger partial charge in [-0.15, -0.1) is 0 Å². The lowest BCUT2D eigenvalue weighted by Gasteiger charge is -2.02. The summed E-state index contributed by atoms with van der Waals surface area (Å²) in [4.78, 5) is 0. The Hall–Kier alpha value is -0.0800. The summed E-state index contributed by atoms with van der Waals surface area (Å²) in [5.41, 5.74) is 0. The number of hydrogen-bond acceptors (Lipinski definition) is 2. The molecular formula is C6H13O2. The van der Waals surface area contributed by atoms with E-state index in [0.717, 1.165) is 6.42 Å². The van der Waals surface area contributed by atoms with Crippen molar-refractivity contribution in [2.24, 2.45) is 0 Å². The van der Waals surface area contributed by atoms with E-state index in [4.69, 9.17) is 10.2 Å². The maximum atomic E-state index is 8.72. The lowest BCUT2D eigenvalue weighted by atomic mass is 10.2. The van der Waals surface area contributed by atoms with Gasteiger partial charge in [-0.3, -0.25) is 0 Å². The third kappa shape index (κ3) is 4.09. The smallest absolute Gasteiger partial charge is 0.0771 e. The molecule has 2 nitrogen and oxygen atoms in total. The topological polar surface area (TPSA) is 40.5 Å². The van der Waals surface area contributed by atoms with Crippen molar-refractivity contribution < 1.29 is 10.2 Å². The summed E-state index contributed by atoms with van der Waals surface area (Å²) in [6, 6.07) is 0. The van der Waals surface area contributed by atoms with Gasteiger partial charge in [0, 0.05) is 0 Å². The van der Waals surface area contributed by atoms with Gasteiger partial charge in [0.15, 0.2) is 0 Å². The molecule has 0 heterocycles. The van der Waals surface area contributed by atoms with Crippen LogP contribution in [0.3, 0.4) is 0 Å². The Labute approximate surface area is 50.2 Å². The standard InChI is InChI=1S/C6H13O2/c1-2-3-4-6(8)5-7/h2,6-8H,3-5H2,1H3. The second-order valence-electron chi connectivity index (χ2n) is 1.82. The predicted molar refractivity (Wildman–Crippen MR) is 32.3 cm³/mol. The SMILES string of the molecule is C[CH]CCC(O)CO. The zero-order valence-electron chi connectivity index (χ0n) is 5.17. The molecule has 0 bridgehead atoms. The molecule has 0 aromatic rings. The average Bonchev–Trinajstić information content (AvgIpc) is 1.83. The van der Waals surface area contributed by atoms with E-state index in [9.17, 15) is 0 Å². The minimum absolute atomic E-state index is 0.117. The fourth-order valence-corrected chi connectivity index (χ4v) is 0.450. The van der Waals surface area contributed by atoms with Gasteiger partial charge in [-0.05, 0) is 19.3 Å². The molecule has 0 aliphatic rings. The minimum Gasteiger partial charge on any atom is -0.394 e.